The van der Waals surface area contributed by atoms with Crippen molar-refractivity contribution in [1.82, 2.24) is 10.3 Å². The number of pyridine rings is 1. The lowest BCUT2D eigenvalue weighted by Crippen LogP contribution is -2.45. The highest BCUT2D eigenvalue weighted by atomic mass is 16.6. The van der Waals surface area contributed by atoms with E-state index in [4.69, 9.17) is 14.2 Å². The first-order valence-corrected chi connectivity index (χ1v) is 7.23. The maximum atomic E-state index is 12.2. The summed E-state index contributed by atoms with van der Waals surface area (Å²) in [6.07, 6.45) is 2.94. The van der Waals surface area contributed by atoms with Gasteiger partial charge in [0.25, 0.3) is 0 Å². The fraction of sp³-hybridized carbons (Fsp3) is 0.571. The van der Waals surface area contributed by atoms with Gasteiger partial charge in [-0.3, -0.25) is 4.90 Å². The van der Waals surface area contributed by atoms with Crippen LogP contribution >= 0.6 is 0 Å². The maximum absolute atomic E-state index is 12.2. The minimum absolute atomic E-state index is 0.332. The van der Waals surface area contributed by atoms with Gasteiger partial charge in [-0.25, -0.2) is 9.78 Å². The van der Waals surface area contributed by atoms with Crippen LogP contribution in [-0.2, 0) is 4.74 Å². The van der Waals surface area contributed by atoms with Gasteiger partial charge in [0.2, 0.25) is 0 Å². The van der Waals surface area contributed by atoms with Gasteiger partial charge in [-0.15, -0.1) is 0 Å². The van der Waals surface area contributed by atoms with Crippen LogP contribution < -0.4 is 19.7 Å². The lowest BCUT2D eigenvalue weighted by atomic mass is 9.92. The summed E-state index contributed by atoms with van der Waals surface area (Å²) in [4.78, 5) is 18.1. The maximum Gasteiger partial charge on any atom is 0.416 e. The van der Waals surface area contributed by atoms with Crippen molar-refractivity contribution < 1.29 is 19.0 Å². The van der Waals surface area contributed by atoms with E-state index < -0.39 is 0 Å². The highest BCUT2D eigenvalue weighted by Crippen LogP contribution is 2.37. The molecule has 0 saturated carbocycles. The Bertz CT molecular complexity index is 571. The van der Waals surface area contributed by atoms with Crippen LogP contribution in [0.1, 0.15) is 12.8 Å². The second-order valence-corrected chi connectivity index (χ2v) is 5.57. The monoisotopic (exact) mass is 291 g/mol. The second kappa shape index (κ2) is 4.77. The number of piperidine rings is 1. The summed E-state index contributed by atoms with van der Waals surface area (Å²) >= 11 is 0. The number of carbonyl (C=O) groups excluding carboxylic acids is 1. The lowest BCUT2D eigenvalue weighted by Gasteiger charge is -2.31. The van der Waals surface area contributed by atoms with E-state index in [1.54, 1.807) is 17.2 Å². The third-order valence-corrected chi connectivity index (χ3v) is 4.18. The van der Waals surface area contributed by atoms with Crippen molar-refractivity contribution in [2.75, 3.05) is 37.7 Å². The third kappa shape index (κ3) is 2.17. The Morgan fingerprint density at radius 3 is 2.76 bits per heavy atom. The van der Waals surface area contributed by atoms with E-state index in [0.29, 0.717) is 37.1 Å². The van der Waals surface area contributed by atoms with E-state index in [1.807, 2.05) is 0 Å². The minimum atomic E-state index is -0.378. The molecule has 3 aliphatic rings. The molecule has 0 bridgehead atoms. The van der Waals surface area contributed by atoms with Gasteiger partial charge in [-0.2, -0.15) is 0 Å². The number of carbonyl (C=O) groups is 1. The number of nitrogens with zero attached hydrogens (tertiary/aromatic N) is 2. The Kier molecular flexibility index (Phi) is 2.88. The van der Waals surface area contributed by atoms with Gasteiger partial charge in [0.05, 0.1) is 12.7 Å². The average Bonchev–Trinajstić information content (AvgIpc) is 2.83. The first-order chi connectivity index (χ1) is 10.3. The molecule has 0 atom stereocenters. The van der Waals surface area contributed by atoms with Crippen LogP contribution in [0.2, 0.25) is 0 Å². The Balaban J connectivity index is 1.60. The van der Waals surface area contributed by atoms with E-state index in [2.05, 4.69) is 10.3 Å². The van der Waals surface area contributed by atoms with Gasteiger partial charge in [0.15, 0.2) is 11.5 Å². The first kappa shape index (κ1) is 12.7. The van der Waals surface area contributed by atoms with E-state index >= 15 is 0 Å². The molecule has 112 valence electrons. The molecule has 0 unspecified atom stereocenters. The summed E-state index contributed by atoms with van der Waals surface area (Å²) in [6.45, 7) is 3.32. The molecule has 7 nitrogen and oxygen atoms in total. The van der Waals surface area contributed by atoms with Crippen LogP contribution in [0.5, 0.6) is 11.5 Å². The van der Waals surface area contributed by atoms with Crippen LogP contribution in [0.3, 0.4) is 0 Å². The summed E-state index contributed by atoms with van der Waals surface area (Å²) in [6, 6.07) is 1.75. The highest BCUT2D eigenvalue weighted by Gasteiger charge is 2.46. The number of fused-ring (bicyclic) bond motifs is 1. The lowest BCUT2D eigenvalue weighted by molar-refractivity contribution is 0.0316. The van der Waals surface area contributed by atoms with Crippen molar-refractivity contribution in [2.24, 2.45) is 0 Å². The predicted molar refractivity (Wildman–Crippen MR) is 73.9 cm³/mol. The van der Waals surface area contributed by atoms with Crippen LogP contribution in [0, 0.1) is 0 Å². The zero-order valence-electron chi connectivity index (χ0n) is 11.6. The van der Waals surface area contributed by atoms with Crippen molar-refractivity contribution in [3.8, 4) is 11.5 Å². The number of hydrogen-bond acceptors (Lipinski definition) is 6. The Morgan fingerprint density at radius 2 is 1.95 bits per heavy atom. The zero-order valence-corrected chi connectivity index (χ0v) is 11.6. The molecule has 1 aromatic rings. The summed E-state index contributed by atoms with van der Waals surface area (Å²) in [5.41, 5.74) is -0.378. The molecule has 2 saturated heterocycles. The van der Waals surface area contributed by atoms with Gasteiger partial charge in [-0.1, -0.05) is 0 Å². The van der Waals surface area contributed by atoms with Crippen molar-refractivity contribution in [3.05, 3.63) is 12.3 Å². The van der Waals surface area contributed by atoms with Crippen molar-refractivity contribution in [3.63, 3.8) is 0 Å². The number of rotatable bonds is 1. The quantitative estimate of drug-likeness (QED) is 0.830. The number of nitrogens with one attached hydrogen (secondary N) is 1. The van der Waals surface area contributed by atoms with E-state index in [0.717, 1.165) is 25.9 Å². The molecular formula is C14H17N3O4. The molecular weight excluding hydrogens is 274 g/mol. The molecule has 3 aliphatic heterocycles. The van der Waals surface area contributed by atoms with Crippen molar-refractivity contribution >= 4 is 11.9 Å². The number of amides is 1. The third-order valence-electron chi connectivity index (χ3n) is 4.18. The van der Waals surface area contributed by atoms with Crippen LogP contribution in [-0.4, -0.2) is 49.5 Å². The van der Waals surface area contributed by atoms with E-state index in [-0.39, 0.29) is 11.7 Å². The van der Waals surface area contributed by atoms with Crippen molar-refractivity contribution in [2.45, 2.75) is 18.4 Å². The molecule has 4 heterocycles. The molecule has 1 N–H and O–H groups in total. The second-order valence-electron chi connectivity index (χ2n) is 5.57. The topological polar surface area (TPSA) is 72.9 Å². The normalized spacial score (nSPS) is 23.2. The SMILES string of the molecule is O=C1OC2(CCNCC2)CN1c1cc2c(cn1)OCCO2. The molecule has 4 rings (SSSR count). The average molecular weight is 291 g/mol. The first-order valence-electron chi connectivity index (χ1n) is 7.23. The largest absolute Gasteiger partial charge is 0.486 e. The molecule has 1 spiro atoms. The number of hydrogen-bond donors (Lipinski definition) is 1. The van der Waals surface area contributed by atoms with Gasteiger partial charge >= 0.3 is 6.09 Å². The Labute approximate surface area is 122 Å². The molecule has 2 fully saturated rings. The standard InChI is InChI=1S/C14H17N3O4/c18-13-17(9-14(21-13)1-3-15-4-2-14)12-7-10-11(8-16-12)20-6-5-19-10/h7-8,15H,1-6,9H2. The molecule has 7 heteroatoms. The number of ether oxygens (including phenoxy) is 3. The summed E-state index contributed by atoms with van der Waals surface area (Å²) in [5, 5.41) is 3.28. The highest BCUT2D eigenvalue weighted by molar-refractivity contribution is 5.89. The minimum Gasteiger partial charge on any atom is -0.486 e. The molecule has 1 amide bonds. The number of anilines is 1. The summed E-state index contributed by atoms with van der Waals surface area (Å²) < 4.78 is 16.6. The molecule has 0 radical (unpaired) electrons. The van der Waals surface area contributed by atoms with Gasteiger partial charge < -0.3 is 19.5 Å². The van der Waals surface area contributed by atoms with E-state index in [9.17, 15) is 4.79 Å². The van der Waals surface area contributed by atoms with Crippen LogP contribution in [0.15, 0.2) is 12.3 Å². The molecule has 0 aliphatic carbocycles. The molecule has 0 aromatic carbocycles. The predicted octanol–water partition coefficient (Wildman–Crippen LogP) is 0.932. The smallest absolute Gasteiger partial charge is 0.416 e. The zero-order chi connectivity index (χ0) is 14.3. The van der Waals surface area contributed by atoms with Gasteiger partial charge in [0, 0.05) is 18.9 Å². The van der Waals surface area contributed by atoms with Crippen LogP contribution in [0.25, 0.3) is 0 Å². The fourth-order valence-corrected chi connectivity index (χ4v) is 3.03. The van der Waals surface area contributed by atoms with Crippen LogP contribution in [0.4, 0.5) is 10.6 Å². The van der Waals surface area contributed by atoms with Crippen molar-refractivity contribution in [1.29, 1.82) is 0 Å². The Hall–Kier alpha value is -2.02. The Morgan fingerprint density at radius 1 is 1.19 bits per heavy atom. The molecule has 1 aromatic heterocycles. The fourth-order valence-electron chi connectivity index (χ4n) is 3.03. The molecule has 21 heavy (non-hydrogen) atoms. The summed E-state index contributed by atoms with van der Waals surface area (Å²) in [5.74, 6) is 1.80. The van der Waals surface area contributed by atoms with E-state index in [1.165, 1.54) is 0 Å². The van der Waals surface area contributed by atoms with Gasteiger partial charge in [-0.05, 0) is 13.1 Å². The summed E-state index contributed by atoms with van der Waals surface area (Å²) in [7, 11) is 0. The number of aromatic nitrogens is 1. The van der Waals surface area contributed by atoms with Gasteiger partial charge in [0.1, 0.15) is 24.6 Å².